The van der Waals surface area contributed by atoms with Crippen LogP contribution in [-0.2, 0) is 11.3 Å². The van der Waals surface area contributed by atoms with Gasteiger partial charge in [0.25, 0.3) is 0 Å². The van der Waals surface area contributed by atoms with Gasteiger partial charge in [0.15, 0.2) is 0 Å². The highest BCUT2D eigenvalue weighted by Gasteiger charge is 2.26. The summed E-state index contributed by atoms with van der Waals surface area (Å²) >= 11 is 0. The first-order valence-electron chi connectivity index (χ1n) is 9.59. The molecule has 28 heavy (non-hydrogen) atoms. The second-order valence-electron chi connectivity index (χ2n) is 6.96. The Bertz CT molecular complexity index is 1140. The summed E-state index contributed by atoms with van der Waals surface area (Å²) in [5.74, 6) is -0.268. The number of nitrogens with one attached hydrogen (secondary N) is 1. The summed E-state index contributed by atoms with van der Waals surface area (Å²) in [6.07, 6.45) is 1.99. The maximum Gasteiger partial charge on any atom is 0.340 e. The van der Waals surface area contributed by atoms with Crippen molar-refractivity contribution in [3.63, 3.8) is 0 Å². The zero-order valence-corrected chi connectivity index (χ0v) is 16.5. The van der Waals surface area contributed by atoms with Gasteiger partial charge in [-0.1, -0.05) is 48.5 Å². The normalized spacial score (nSPS) is 11.1. The fourth-order valence-electron chi connectivity index (χ4n) is 3.95. The van der Waals surface area contributed by atoms with Crippen molar-refractivity contribution in [1.29, 1.82) is 0 Å². The molecule has 0 radical (unpaired) electrons. The smallest absolute Gasteiger partial charge is 0.340 e. The van der Waals surface area contributed by atoms with Crippen LogP contribution in [0.1, 0.15) is 34.2 Å². The highest BCUT2D eigenvalue weighted by atomic mass is 16.5. The van der Waals surface area contributed by atoms with Crippen molar-refractivity contribution in [1.82, 2.24) is 9.55 Å². The lowest BCUT2D eigenvalue weighted by Crippen LogP contribution is -2.08. The zero-order chi connectivity index (χ0) is 19.7. The van der Waals surface area contributed by atoms with Gasteiger partial charge < -0.3 is 14.3 Å². The number of carbonyl (C=O) groups excluding carboxylic acids is 1. The number of benzene rings is 2. The lowest BCUT2D eigenvalue weighted by molar-refractivity contribution is 0.0526. The Morgan fingerprint density at radius 1 is 1.00 bits per heavy atom. The molecule has 4 aromatic rings. The molecule has 2 heterocycles. The van der Waals surface area contributed by atoms with Gasteiger partial charge in [0, 0.05) is 46.2 Å². The minimum atomic E-state index is -0.268. The molecule has 4 nitrogen and oxygen atoms in total. The highest BCUT2D eigenvalue weighted by Crippen LogP contribution is 2.37. The Hall–Kier alpha value is -3.27. The van der Waals surface area contributed by atoms with Crippen molar-refractivity contribution in [2.75, 3.05) is 6.61 Å². The Morgan fingerprint density at radius 2 is 1.71 bits per heavy atom. The number of hydrogen-bond acceptors (Lipinski definition) is 2. The Morgan fingerprint density at radius 3 is 2.46 bits per heavy atom. The van der Waals surface area contributed by atoms with E-state index in [0.717, 1.165) is 33.4 Å². The fourth-order valence-corrected chi connectivity index (χ4v) is 3.95. The van der Waals surface area contributed by atoms with Gasteiger partial charge in [-0.05, 0) is 32.4 Å². The number of aromatic amines is 1. The third kappa shape index (κ3) is 3.01. The molecule has 0 saturated carbocycles. The zero-order valence-electron chi connectivity index (χ0n) is 16.5. The second kappa shape index (κ2) is 7.39. The van der Waals surface area contributed by atoms with Crippen molar-refractivity contribution in [3.8, 4) is 11.1 Å². The first-order chi connectivity index (χ1) is 13.6. The van der Waals surface area contributed by atoms with Crippen LogP contribution in [0.2, 0.25) is 0 Å². The molecule has 0 spiro atoms. The second-order valence-corrected chi connectivity index (χ2v) is 6.96. The quantitative estimate of drug-likeness (QED) is 0.472. The lowest BCUT2D eigenvalue weighted by Gasteiger charge is -2.10. The van der Waals surface area contributed by atoms with Crippen LogP contribution in [0.5, 0.6) is 0 Å². The van der Waals surface area contributed by atoms with E-state index in [2.05, 4.69) is 34.7 Å². The number of fused-ring (bicyclic) bond motifs is 1. The topological polar surface area (TPSA) is 47.0 Å². The summed E-state index contributed by atoms with van der Waals surface area (Å²) < 4.78 is 7.62. The molecule has 0 amide bonds. The lowest BCUT2D eigenvalue weighted by atomic mass is 10.00. The van der Waals surface area contributed by atoms with Gasteiger partial charge in [-0.15, -0.1) is 0 Å². The molecule has 0 saturated heterocycles. The molecule has 2 aromatic heterocycles. The van der Waals surface area contributed by atoms with Gasteiger partial charge in [0.2, 0.25) is 0 Å². The van der Waals surface area contributed by atoms with Crippen LogP contribution in [0, 0.1) is 13.8 Å². The molecule has 0 aliphatic carbocycles. The number of ether oxygens (including phenoxy) is 1. The maximum absolute atomic E-state index is 12.9. The van der Waals surface area contributed by atoms with Gasteiger partial charge in [0.1, 0.15) is 0 Å². The molecule has 0 fully saturated rings. The molecule has 0 unspecified atom stereocenters. The molecule has 0 aliphatic heterocycles. The van der Waals surface area contributed by atoms with Crippen LogP contribution in [0.15, 0.2) is 60.8 Å². The minimum absolute atomic E-state index is 0.268. The monoisotopic (exact) mass is 372 g/mol. The van der Waals surface area contributed by atoms with Crippen LogP contribution >= 0.6 is 0 Å². The van der Waals surface area contributed by atoms with E-state index in [9.17, 15) is 4.79 Å². The standard InChI is InChI=1S/C24H24N2O2/c1-4-28-24(27)23-17(3)26(15-18-10-6-5-7-11-18)16(2)22(23)20-14-25-21-13-9-8-12-19(20)21/h5-14,25H,4,15H2,1-3H3. The molecule has 0 aliphatic rings. The first kappa shape index (κ1) is 18.1. The minimum Gasteiger partial charge on any atom is -0.462 e. The summed E-state index contributed by atoms with van der Waals surface area (Å²) in [5, 5.41) is 1.10. The Labute approximate surface area is 164 Å². The van der Waals surface area contributed by atoms with Crippen molar-refractivity contribution in [2.24, 2.45) is 0 Å². The maximum atomic E-state index is 12.9. The van der Waals surface area contributed by atoms with Crippen LogP contribution in [0.4, 0.5) is 0 Å². The number of carbonyl (C=O) groups is 1. The number of rotatable bonds is 5. The predicted molar refractivity (Wildman–Crippen MR) is 113 cm³/mol. The highest BCUT2D eigenvalue weighted by molar-refractivity contribution is 6.05. The van der Waals surface area contributed by atoms with E-state index in [1.54, 1.807) is 0 Å². The van der Waals surface area contributed by atoms with E-state index in [1.165, 1.54) is 5.56 Å². The number of nitrogens with zero attached hydrogens (tertiary/aromatic N) is 1. The Kier molecular flexibility index (Phi) is 4.78. The summed E-state index contributed by atoms with van der Waals surface area (Å²) in [4.78, 5) is 16.2. The number of aromatic nitrogens is 2. The molecule has 4 rings (SSSR count). The van der Waals surface area contributed by atoms with E-state index in [-0.39, 0.29) is 5.97 Å². The predicted octanol–water partition coefficient (Wildman–Crippen LogP) is 5.48. The van der Waals surface area contributed by atoms with Gasteiger partial charge in [-0.25, -0.2) is 4.79 Å². The van der Waals surface area contributed by atoms with Crippen LogP contribution in [0.25, 0.3) is 22.0 Å². The van der Waals surface area contributed by atoms with Crippen LogP contribution < -0.4 is 0 Å². The van der Waals surface area contributed by atoms with Gasteiger partial charge in [-0.2, -0.15) is 0 Å². The SMILES string of the molecule is CCOC(=O)c1c(-c2c[nH]c3ccccc23)c(C)n(Cc2ccccc2)c1C. The summed E-state index contributed by atoms with van der Waals surface area (Å²) in [6.45, 7) is 6.99. The number of para-hydroxylation sites is 1. The van der Waals surface area contributed by atoms with E-state index >= 15 is 0 Å². The van der Waals surface area contributed by atoms with Crippen LogP contribution in [0.3, 0.4) is 0 Å². The molecule has 142 valence electrons. The van der Waals surface area contributed by atoms with Crippen molar-refractivity contribution >= 4 is 16.9 Å². The van der Waals surface area contributed by atoms with E-state index < -0.39 is 0 Å². The van der Waals surface area contributed by atoms with E-state index in [0.29, 0.717) is 18.7 Å². The molecular weight excluding hydrogens is 348 g/mol. The Balaban J connectivity index is 1.93. The number of H-pyrrole nitrogens is 1. The van der Waals surface area contributed by atoms with Crippen molar-refractivity contribution in [3.05, 3.63) is 83.3 Å². The average molecular weight is 372 g/mol. The van der Waals surface area contributed by atoms with Crippen molar-refractivity contribution in [2.45, 2.75) is 27.3 Å². The summed E-state index contributed by atoms with van der Waals surface area (Å²) in [5.41, 5.74) is 6.88. The molecule has 0 atom stereocenters. The van der Waals surface area contributed by atoms with E-state index in [4.69, 9.17) is 4.74 Å². The summed E-state index contributed by atoms with van der Waals surface area (Å²) in [6, 6.07) is 18.5. The van der Waals surface area contributed by atoms with Gasteiger partial charge in [0.05, 0.1) is 12.2 Å². The largest absolute Gasteiger partial charge is 0.462 e. The first-order valence-corrected chi connectivity index (χ1v) is 9.59. The molecule has 0 bridgehead atoms. The van der Waals surface area contributed by atoms with Crippen molar-refractivity contribution < 1.29 is 9.53 Å². The van der Waals surface area contributed by atoms with Crippen LogP contribution in [-0.4, -0.2) is 22.1 Å². The average Bonchev–Trinajstić information content (AvgIpc) is 3.23. The van der Waals surface area contributed by atoms with Gasteiger partial charge in [-0.3, -0.25) is 0 Å². The molecule has 4 heteroatoms. The third-order valence-corrected chi connectivity index (χ3v) is 5.31. The number of esters is 1. The summed E-state index contributed by atoms with van der Waals surface area (Å²) in [7, 11) is 0. The molecular formula is C24H24N2O2. The molecule has 1 N–H and O–H groups in total. The third-order valence-electron chi connectivity index (χ3n) is 5.31. The molecule has 2 aromatic carbocycles. The van der Waals surface area contributed by atoms with E-state index in [1.807, 2.05) is 56.4 Å². The fraction of sp³-hybridized carbons (Fsp3) is 0.208. The van der Waals surface area contributed by atoms with Gasteiger partial charge >= 0.3 is 5.97 Å². The number of hydrogen-bond donors (Lipinski definition) is 1.